The second-order valence-electron chi connectivity index (χ2n) is 2.90. The van der Waals surface area contributed by atoms with E-state index in [1.165, 1.54) is 30.9 Å². The van der Waals surface area contributed by atoms with Gasteiger partial charge in [-0.05, 0) is 24.3 Å². The lowest BCUT2D eigenvalue weighted by Crippen LogP contribution is -2.12. The molecule has 0 spiro atoms. The summed E-state index contributed by atoms with van der Waals surface area (Å²) in [4.78, 5) is 0. The van der Waals surface area contributed by atoms with Crippen LogP contribution in [0.4, 0.5) is 4.39 Å². The molecule has 14 heavy (non-hydrogen) atoms. The number of halogens is 1. The summed E-state index contributed by atoms with van der Waals surface area (Å²) in [6, 6.07) is 5.42. The third-order valence-electron chi connectivity index (χ3n) is 1.54. The van der Waals surface area contributed by atoms with Gasteiger partial charge in [0.15, 0.2) is 0 Å². The first-order valence-electron chi connectivity index (χ1n) is 4.31. The predicted molar refractivity (Wildman–Crippen MR) is 54.2 cm³/mol. The van der Waals surface area contributed by atoms with Gasteiger partial charge in [-0.3, -0.25) is 4.57 Å². The Labute approximate surface area is 82.8 Å². The third-order valence-corrected chi connectivity index (χ3v) is 2.99. The molecule has 0 amide bonds. The SMILES string of the molecule is CCNP(C)(=O)Oc1ccc(F)cc1. The summed E-state index contributed by atoms with van der Waals surface area (Å²) in [5, 5.41) is 2.72. The quantitative estimate of drug-likeness (QED) is 0.788. The van der Waals surface area contributed by atoms with E-state index in [9.17, 15) is 8.96 Å². The zero-order valence-electron chi connectivity index (χ0n) is 8.16. The summed E-state index contributed by atoms with van der Waals surface area (Å²) in [5.74, 6) is 0.0601. The summed E-state index contributed by atoms with van der Waals surface area (Å²) in [5.41, 5.74) is 0. The first kappa shape index (κ1) is 11.2. The largest absolute Gasteiger partial charge is 0.433 e. The van der Waals surface area contributed by atoms with Crippen LogP contribution in [0.5, 0.6) is 5.75 Å². The maximum atomic E-state index is 12.5. The molecule has 0 bridgehead atoms. The van der Waals surface area contributed by atoms with Crippen molar-refractivity contribution in [3.8, 4) is 5.75 Å². The van der Waals surface area contributed by atoms with Gasteiger partial charge in [-0.2, -0.15) is 0 Å². The van der Waals surface area contributed by atoms with E-state index in [1.54, 1.807) is 0 Å². The van der Waals surface area contributed by atoms with Crippen LogP contribution in [0.25, 0.3) is 0 Å². The molecular weight excluding hydrogens is 204 g/mol. The van der Waals surface area contributed by atoms with Gasteiger partial charge in [-0.25, -0.2) is 9.48 Å². The van der Waals surface area contributed by atoms with E-state index in [0.717, 1.165) is 0 Å². The van der Waals surface area contributed by atoms with E-state index in [0.29, 0.717) is 12.3 Å². The van der Waals surface area contributed by atoms with Crippen LogP contribution in [-0.4, -0.2) is 13.2 Å². The van der Waals surface area contributed by atoms with Gasteiger partial charge in [0, 0.05) is 13.2 Å². The Morgan fingerprint density at radius 1 is 1.43 bits per heavy atom. The standard InChI is InChI=1S/C9H13FNO2P/c1-3-11-14(2,12)13-9-6-4-8(10)5-7-9/h4-7H,3H2,1-2H3,(H,11,12). The monoisotopic (exact) mass is 217 g/mol. The predicted octanol–water partition coefficient (Wildman–Crippen LogP) is 2.64. The third kappa shape index (κ3) is 3.48. The molecule has 0 saturated heterocycles. The molecule has 1 rings (SSSR count). The normalized spacial score (nSPS) is 14.8. The molecule has 1 N–H and O–H groups in total. The Bertz CT molecular complexity index is 339. The molecule has 0 aromatic heterocycles. The molecule has 1 aromatic carbocycles. The van der Waals surface area contributed by atoms with Gasteiger partial charge < -0.3 is 4.52 Å². The van der Waals surface area contributed by atoms with Crippen molar-refractivity contribution < 1.29 is 13.5 Å². The van der Waals surface area contributed by atoms with E-state index in [-0.39, 0.29) is 5.82 Å². The highest BCUT2D eigenvalue weighted by Gasteiger charge is 2.14. The van der Waals surface area contributed by atoms with Gasteiger partial charge in [0.1, 0.15) is 11.6 Å². The molecule has 0 radical (unpaired) electrons. The van der Waals surface area contributed by atoms with Gasteiger partial charge >= 0.3 is 7.52 Å². The topological polar surface area (TPSA) is 38.3 Å². The second kappa shape index (κ2) is 4.58. The number of benzene rings is 1. The van der Waals surface area contributed by atoms with Crippen LogP contribution in [0.1, 0.15) is 6.92 Å². The molecule has 0 heterocycles. The molecule has 0 fully saturated rings. The van der Waals surface area contributed by atoms with Crippen LogP contribution in [-0.2, 0) is 4.57 Å². The van der Waals surface area contributed by atoms with Crippen LogP contribution in [0.15, 0.2) is 24.3 Å². The lowest BCUT2D eigenvalue weighted by atomic mass is 10.3. The lowest BCUT2D eigenvalue weighted by molar-refractivity contribution is 0.474. The Balaban J connectivity index is 2.69. The summed E-state index contributed by atoms with van der Waals surface area (Å²) >= 11 is 0. The average molecular weight is 217 g/mol. The van der Waals surface area contributed by atoms with Gasteiger partial charge in [-0.15, -0.1) is 0 Å². The van der Waals surface area contributed by atoms with Crippen molar-refractivity contribution in [1.29, 1.82) is 0 Å². The molecule has 78 valence electrons. The molecule has 3 nitrogen and oxygen atoms in total. The van der Waals surface area contributed by atoms with Crippen LogP contribution >= 0.6 is 7.52 Å². The minimum atomic E-state index is -2.80. The molecule has 1 unspecified atom stereocenters. The number of hydrogen-bond donors (Lipinski definition) is 1. The summed E-state index contributed by atoms with van der Waals surface area (Å²) in [6.45, 7) is 3.89. The van der Waals surface area contributed by atoms with Gasteiger partial charge in [0.05, 0.1) is 0 Å². The van der Waals surface area contributed by atoms with Crippen LogP contribution < -0.4 is 9.61 Å². The fourth-order valence-corrected chi connectivity index (χ4v) is 2.18. The van der Waals surface area contributed by atoms with Gasteiger partial charge in [0.25, 0.3) is 0 Å². The first-order valence-corrected chi connectivity index (χ1v) is 6.38. The molecule has 0 saturated carbocycles. The summed E-state index contributed by atoms with van der Waals surface area (Å²) in [6.07, 6.45) is 0. The molecule has 0 aliphatic heterocycles. The van der Waals surface area contributed by atoms with Crippen molar-refractivity contribution in [3.63, 3.8) is 0 Å². The van der Waals surface area contributed by atoms with Gasteiger partial charge in [-0.1, -0.05) is 6.92 Å². The maximum absolute atomic E-state index is 12.5. The number of rotatable bonds is 4. The Kier molecular flexibility index (Phi) is 3.67. The molecule has 5 heteroatoms. The van der Waals surface area contributed by atoms with Crippen LogP contribution in [0.2, 0.25) is 0 Å². The molecule has 0 aliphatic carbocycles. The molecule has 1 aromatic rings. The molecular formula is C9H13FNO2P. The molecule has 0 aliphatic rings. The Morgan fingerprint density at radius 2 is 2.00 bits per heavy atom. The van der Waals surface area contributed by atoms with E-state index in [4.69, 9.17) is 4.52 Å². The van der Waals surface area contributed by atoms with Crippen molar-refractivity contribution in [2.45, 2.75) is 6.92 Å². The van der Waals surface area contributed by atoms with E-state index in [2.05, 4.69) is 5.09 Å². The fraction of sp³-hybridized carbons (Fsp3) is 0.333. The van der Waals surface area contributed by atoms with Crippen molar-refractivity contribution >= 4 is 7.52 Å². The van der Waals surface area contributed by atoms with E-state index >= 15 is 0 Å². The number of nitrogens with one attached hydrogen (secondary N) is 1. The van der Waals surface area contributed by atoms with Crippen molar-refractivity contribution in [3.05, 3.63) is 30.1 Å². The number of hydrogen-bond acceptors (Lipinski definition) is 2. The smallest absolute Gasteiger partial charge is 0.313 e. The Morgan fingerprint density at radius 3 is 2.50 bits per heavy atom. The minimum absolute atomic E-state index is 0.341. The lowest BCUT2D eigenvalue weighted by Gasteiger charge is -2.14. The first-order chi connectivity index (χ1) is 6.53. The van der Waals surface area contributed by atoms with E-state index in [1.807, 2.05) is 6.92 Å². The van der Waals surface area contributed by atoms with Crippen molar-refractivity contribution in [2.24, 2.45) is 0 Å². The average Bonchev–Trinajstić information content (AvgIpc) is 2.08. The Hall–Kier alpha value is -0.860. The summed E-state index contributed by atoms with van der Waals surface area (Å²) in [7, 11) is -2.80. The zero-order chi connectivity index (χ0) is 10.6. The highest BCUT2D eigenvalue weighted by atomic mass is 31.2. The minimum Gasteiger partial charge on any atom is -0.433 e. The highest BCUT2D eigenvalue weighted by Crippen LogP contribution is 2.38. The fourth-order valence-electron chi connectivity index (χ4n) is 1.02. The van der Waals surface area contributed by atoms with Gasteiger partial charge in [0.2, 0.25) is 0 Å². The van der Waals surface area contributed by atoms with Crippen molar-refractivity contribution in [1.82, 2.24) is 5.09 Å². The molecule has 1 atom stereocenters. The second-order valence-corrected chi connectivity index (χ2v) is 5.09. The maximum Gasteiger partial charge on any atom is 0.313 e. The van der Waals surface area contributed by atoms with Crippen molar-refractivity contribution in [2.75, 3.05) is 13.2 Å². The zero-order valence-corrected chi connectivity index (χ0v) is 9.05. The van der Waals surface area contributed by atoms with Crippen LogP contribution in [0, 0.1) is 5.82 Å². The summed E-state index contributed by atoms with van der Waals surface area (Å²) < 4.78 is 29.3. The highest BCUT2D eigenvalue weighted by molar-refractivity contribution is 7.56. The van der Waals surface area contributed by atoms with E-state index < -0.39 is 7.52 Å². The van der Waals surface area contributed by atoms with Crippen LogP contribution in [0.3, 0.4) is 0 Å².